The van der Waals surface area contributed by atoms with Crippen molar-refractivity contribution in [1.29, 1.82) is 0 Å². The van der Waals surface area contributed by atoms with Crippen molar-refractivity contribution in [1.82, 2.24) is 4.90 Å². The number of anilines is 1. The van der Waals surface area contributed by atoms with Gasteiger partial charge in [-0.05, 0) is 47.7 Å². The van der Waals surface area contributed by atoms with Gasteiger partial charge >= 0.3 is 0 Å². The molecule has 38 heavy (non-hydrogen) atoms. The first-order valence-corrected chi connectivity index (χ1v) is 12.8. The van der Waals surface area contributed by atoms with Crippen LogP contribution in [0.3, 0.4) is 0 Å². The summed E-state index contributed by atoms with van der Waals surface area (Å²) in [7, 11) is 5.99. The number of rotatable bonds is 8. The maximum atomic E-state index is 14.0. The van der Waals surface area contributed by atoms with Gasteiger partial charge in [-0.1, -0.05) is 12.1 Å². The average Bonchev–Trinajstić information content (AvgIpc) is 2.93. The van der Waals surface area contributed by atoms with Crippen LogP contribution >= 0.6 is 11.8 Å². The highest BCUT2D eigenvalue weighted by molar-refractivity contribution is 7.98. The van der Waals surface area contributed by atoms with Crippen molar-refractivity contribution >= 4 is 35.0 Å². The van der Waals surface area contributed by atoms with Crippen molar-refractivity contribution in [3.63, 3.8) is 0 Å². The monoisotopic (exact) mass is 537 g/mol. The number of ether oxygens (including phenoxy) is 3. The fourth-order valence-corrected chi connectivity index (χ4v) is 5.07. The van der Waals surface area contributed by atoms with Gasteiger partial charge in [0.2, 0.25) is 5.91 Å². The quantitative estimate of drug-likeness (QED) is 0.245. The lowest BCUT2D eigenvalue weighted by atomic mass is 9.79. The second-order valence-electron chi connectivity index (χ2n) is 8.54. The van der Waals surface area contributed by atoms with Crippen molar-refractivity contribution in [2.75, 3.05) is 39.9 Å². The van der Waals surface area contributed by atoms with Crippen LogP contribution in [0.5, 0.6) is 17.2 Å². The zero-order chi connectivity index (χ0) is 27.6. The Morgan fingerprint density at radius 2 is 1.61 bits per heavy atom. The molecule has 1 heterocycles. The lowest BCUT2D eigenvalue weighted by molar-refractivity contribution is -0.384. The molecule has 1 N–H and O–H groups in total. The number of fused-ring (bicyclic) bond motifs is 1. The fraction of sp³-hybridized carbons (Fsp3) is 0.259. The number of nitro groups is 1. The van der Waals surface area contributed by atoms with E-state index in [0.717, 1.165) is 10.5 Å². The zero-order valence-corrected chi connectivity index (χ0v) is 22.3. The molecule has 0 aromatic heterocycles. The Balaban J connectivity index is 1.89. The molecule has 2 atom stereocenters. The number of hydrogen-bond acceptors (Lipinski definition) is 8. The predicted molar refractivity (Wildman–Crippen MR) is 144 cm³/mol. The van der Waals surface area contributed by atoms with Crippen LogP contribution in [0.2, 0.25) is 0 Å². The van der Waals surface area contributed by atoms with Crippen LogP contribution in [0.4, 0.5) is 11.4 Å². The smallest absolute Gasteiger partial charge is 0.271 e. The summed E-state index contributed by atoms with van der Waals surface area (Å²) in [6.07, 6.45) is 1.96. The summed E-state index contributed by atoms with van der Waals surface area (Å²) in [5, 5.41) is 14.2. The van der Waals surface area contributed by atoms with Crippen LogP contribution in [-0.4, -0.2) is 56.3 Å². The van der Waals surface area contributed by atoms with E-state index in [2.05, 4.69) is 5.32 Å². The third-order valence-corrected chi connectivity index (χ3v) is 7.31. The average molecular weight is 538 g/mol. The molecule has 0 spiro atoms. The normalized spacial score (nSPS) is 16.4. The maximum Gasteiger partial charge on any atom is 0.271 e. The molecule has 0 aliphatic carbocycles. The lowest BCUT2D eigenvalue weighted by Crippen LogP contribution is -2.44. The number of nitrogens with zero attached hydrogens (tertiary/aromatic N) is 2. The van der Waals surface area contributed by atoms with Gasteiger partial charge in [0.25, 0.3) is 11.6 Å². The van der Waals surface area contributed by atoms with Gasteiger partial charge in [0, 0.05) is 29.6 Å². The number of nitrogens with one attached hydrogen (secondary N) is 1. The molecular weight excluding hydrogens is 510 g/mol. The maximum absolute atomic E-state index is 14.0. The Bertz CT molecular complexity index is 1390. The van der Waals surface area contributed by atoms with Crippen molar-refractivity contribution in [3.05, 3.63) is 81.4 Å². The van der Waals surface area contributed by atoms with Crippen molar-refractivity contribution in [2.24, 2.45) is 0 Å². The van der Waals surface area contributed by atoms with Crippen LogP contribution < -0.4 is 19.5 Å². The van der Waals surface area contributed by atoms with Gasteiger partial charge in [0.05, 0.1) is 43.9 Å². The minimum atomic E-state index is -0.892. The highest BCUT2D eigenvalue weighted by Crippen LogP contribution is 2.46. The molecule has 1 aliphatic rings. The van der Waals surface area contributed by atoms with Gasteiger partial charge in [-0.2, -0.15) is 0 Å². The highest BCUT2D eigenvalue weighted by Gasteiger charge is 2.44. The number of amides is 2. The molecule has 0 fully saturated rings. The molecule has 0 radical (unpaired) electrons. The number of non-ortho nitro benzene ring substituents is 1. The summed E-state index contributed by atoms with van der Waals surface area (Å²) < 4.78 is 16.2. The van der Waals surface area contributed by atoms with Crippen molar-refractivity contribution in [2.45, 2.75) is 16.9 Å². The van der Waals surface area contributed by atoms with E-state index in [1.54, 1.807) is 30.9 Å². The molecule has 10 nitrogen and oxygen atoms in total. The molecular formula is C27H27N3O7S. The number of carbonyl (C=O) groups is 2. The van der Waals surface area contributed by atoms with Crippen LogP contribution in [0, 0.1) is 10.1 Å². The number of likely N-dealkylation sites (N-methyl/N-ethyl adjacent to an activating group) is 1. The third-order valence-electron chi connectivity index (χ3n) is 6.57. The molecule has 3 aromatic carbocycles. The van der Waals surface area contributed by atoms with E-state index < -0.39 is 22.8 Å². The van der Waals surface area contributed by atoms with Gasteiger partial charge < -0.3 is 24.4 Å². The first kappa shape index (κ1) is 26.8. The number of carbonyl (C=O) groups excluding carboxylic acids is 2. The predicted octanol–water partition coefficient (Wildman–Crippen LogP) is 4.89. The van der Waals surface area contributed by atoms with E-state index in [-0.39, 0.29) is 23.0 Å². The Labute approximate surface area is 224 Å². The first-order valence-electron chi connectivity index (χ1n) is 11.5. The zero-order valence-electron chi connectivity index (χ0n) is 21.5. The second-order valence-corrected chi connectivity index (χ2v) is 9.42. The molecule has 4 rings (SSSR count). The largest absolute Gasteiger partial charge is 0.495 e. The van der Waals surface area contributed by atoms with E-state index in [9.17, 15) is 19.7 Å². The van der Waals surface area contributed by atoms with Gasteiger partial charge in [-0.25, -0.2) is 0 Å². The van der Waals surface area contributed by atoms with Crippen molar-refractivity contribution in [3.8, 4) is 17.2 Å². The van der Waals surface area contributed by atoms with Crippen LogP contribution in [-0.2, 0) is 4.79 Å². The standard InChI is InChI=1S/C27H27N3O7S/c1-29-25(15-6-9-17(38-5)10-7-15)24(18-13-22(36-3)23(37-4)14-19(18)27(29)32)26(31)28-20-12-16(30(33)34)8-11-21(20)35-2/h6-14,24-25H,1-5H3,(H,28,31)/t24-,25+/m0/s1. The van der Waals surface area contributed by atoms with Crippen molar-refractivity contribution < 1.29 is 28.7 Å². The molecule has 198 valence electrons. The molecule has 0 bridgehead atoms. The summed E-state index contributed by atoms with van der Waals surface area (Å²) >= 11 is 1.58. The van der Waals surface area contributed by atoms with E-state index in [1.807, 2.05) is 30.5 Å². The van der Waals surface area contributed by atoms with Crippen LogP contribution in [0.25, 0.3) is 0 Å². The summed E-state index contributed by atoms with van der Waals surface area (Å²) in [4.78, 5) is 41.0. The van der Waals surface area contributed by atoms with Gasteiger partial charge in [0.15, 0.2) is 11.5 Å². The molecule has 2 amide bonds. The third kappa shape index (κ3) is 4.84. The minimum Gasteiger partial charge on any atom is -0.495 e. The molecule has 3 aromatic rings. The summed E-state index contributed by atoms with van der Waals surface area (Å²) in [6, 6.07) is 14.1. The second kappa shape index (κ2) is 11.0. The summed E-state index contributed by atoms with van der Waals surface area (Å²) in [5.41, 5.74) is 1.45. The van der Waals surface area contributed by atoms with Crippen LogP contribution in [0.15, 0.2) is 59.5 Å². The number of methoxy groups -OCH3 is 3. The fourth-order valence-electron chi connectivity index (χ4n) is 4.67. The summed E-state index contributed by atoms with van der Waals surface area (Å²) in [5.74, 6) is -0.664. The number of nitro benzene ring substituents is 1. The Hall–Kier alpha value is -4.25. The van der Waals surface area contributed by atoms with E-state index in [4.69, 9.17) is 14.2 Å². The molecule has 0 unspecified atom stereocenters. The number of thioether (sulfide) groups is 1. The SMILES string of the molecule is COc1ccc([N+](=O)[O-])cc1NC(=O)[C@H]1c2cc(OC)c(OC)cc2C(=O)N(C)[C@@H]1c1ccc(SC)cc1. The molecule has 0 saturated heterocycles. The van der Waals surface area contributed by atoms with Gasteiger partial charge in [-0.15, -0.1) is 11.8 Å². The molecule has 1 aliphatic heterocycles. The minimum absolute atomic E-state index is 0.143. The van der Waals surface area contributed by atoms with Gasteiger partial charge in [0.1, 0.15) is 5.75 Å². The lowest BCUT2D eigenvalue weighted by Gasteiger charge is -2.40. The molecule has 11 heteroatoms. The Morgan fingerprint density at radius 3 is 2.18 bits per heavy atom. The van der Waals surface area contributed by atoms with E-state index in [0.29, 0.717) is 22.6 Å². The summed E-state index contributed by atoms with van der Waals surface area (Å²) in [6.45, 7) is 0. The van der Waals surface area contributed by atoms with Gasteiger partial charge in [-0.3, -0.25) is 19.7 Å². The Kier molecular flexibility index (Phi) is 7.77. The first-order chi connectivity index (χ1) is 18.2. The topological polar surface area (TPSA) is 120 Å². The Morgan fingerprint density at radius 1 is 0.974 bits per heavy atom. The number of benzene rings is 3. The molecule has 0 saturated carbocycles. The van der Waals surface area contributed by atoms with E-state index >= 15 is 0 Å². The highest BCUT2D eigenvalue weighted by atomic mass is 32.2. The van der Waals surface area contributed by atoms with E-state index in [1.165, 1.54) is 44.4 Å². The van der Waals surface area contributed by atoms with Crippen LogP contribution in [0.1, 0.15) is 33.4 Å². The number of hydrogen-bond donors (Lipinski definition) is 1.